The van der Waals surface area contributed by atoms with Crippen molar-refractivity contribution in [3.63, 3.8) is 0 Å². The van der Waals surface area contributed by atoms with E-state index in [0.717, 1.165) is 37.0 Å². The van der Waals surface area contributed by atoms with Gasteiger partial charge in [0.1, 0.15) is 5.03 Å². The Morgan fingerprint density at radius 1 is 1.11 bits per heavy atom. The normalized spacial score (nSPS) is 14.5. The zero-order chi connectivity index (χ0) is 19.2. The fraction of sp³-hybridized carbons (Fsp3) is 0.450. The van der Waals surface area contributed by atoms with Crippen LogP contribution in [-0.4, -0.2) is 54.1 Å². The maximum Gasteiger partial charge on any atom is 0.230 e. The lowest BCUT2D eigenvalue weighted by Crippen LogP contribution is -2.46. The molecule has 1 fully saturated rings. The highest BCUT2D eigenvalue weighted by Gasteiger charge is 2.19. The molecule has 1 saturated heterocycles. The topological polar surface area (TPSA) is 61.4 Å². The molecule has 7 heteroatoms. The zero-order valence-electron chi connectivity index (χ0n) is 16.2. The molecule has 0 atom stereocenters. The van der Waals surface area contributed by atoms with Crippen molar-refractivity contribution in [1.82, 2.24) is 15.5 Å². The van der Waals surface area contributed by atoms with Crippen molar-refractivity contribution < 1.29 is 4.79 Å². The second-order valence-electron chi connectivity index (χ2n) is 7.05. The van der Waals surface area contributed by atoms with Crippen molar-refractivity contribution in [3.8, 4) is 0 Å². The summed E-state index contributed by atoms with van der Waals surface area (Å²) in [6.07, 6.45) is 0. The zero-order valence-corrected chi connectivity index (χ0v) is 17.0. The van der Waals surface area contributed by atoms with Gasteiger partial charge in [-0.1, -0.05) is 23.9 Å². The van der Waals surface area contributed by atoms with Crippen LogP contribution in [0, 0.1) is 6.92 Å². The number of hydrogen-bond acceptors (Lipinski definition) is 6. The van der Waals surface area contributed by atoms with Crippen LogP contribution in [0.1, 0.15) is 19.4 Å². The number of benzene rings is 1. The van der Waals surface area contributed by atoms with Gasteiger partial charge in [0.05, 0.1) is 5.75 Å². The van der Waals surface area contributed by atoms with Crippen LogP contribution in [0.5, 0.6) is 0 Å². The third-order valence-electron chi connectivity index (χ3n) is 4.40. The van der Waals surface area contributed by atoms with Gasteiger partial charge in [0, 0.05) is 37.9 Å². The summed E-state index contributed by atoms with van der Waals surface area (Å²) in [6.45, 7) is 9.82. The fourth-order valence-electron chi connectivity index (χ4n) is 3.08. The molecule has 0 radical (unpaired) electrons. The fourth-order valence-corrected chi connectivity index (χ4v) is 3.71. The summed E-state index contributed by atoms with van der Waals surface area (Å²) in [5.74, 6) is 1.28. The Morgan fingerprint density at radius 3 is 2.48 bits per heavy atom. The molecule has 0 unspecified atom stereocenters. The van der Waals surface area contributed by atoms with E-state index in [0.29, 0.717) is 5.75 Å². The summed E-state index contributed by atoms with van der Waals surface area (Å²) >= 11 is 1.41. The van der Waals surface area contributed by atoms with Gasteiger partial charge in [0.2, 0.25) is 5.91 Å². The molecule has 0 spiro atoms. The van der Waals surface area contributed by atoms with E-state index in [1.807, 2.05) is 26.0 Å². The predicted molar refractivity (Wildman–Crippen MR) is 112 cm³/mol. The number of carbonyl (C=O) groups is 1. The van der Waals surface area contributed by atoms with E-state index in [-0.39, 0.29) is 11.9 Å². The van der Waals surface area contributed by atoms with Crippen molar-refractivity contribution in [1.29, 1.82) is 0 Å². The van der Waals surface area contributed by atoms with Gasteiger partial charge in [0.15, 0.2) is 5.82 Å². The van der Waals surface area contributed by atoms with Gasteiger partial charge in [-0.2, -0.15) is 0 Å². The lowest BCUT2D eigenvalue weighted by molar-refractivity contribution is -0.119. The summed E-state index contributed by atoms with van der Waals surface area (Å²) in [7, 11) is 0. The standard InChI is InChI=1S/C20H27N5OS/c1-15(2)21-19(26)14-27-20-8-7-18(22-23-20)25-11-9-24(10-12-25)17-6-4-5-16(3)13-17/h4-8,13,15H,9-12,14H2,1-3H3,(H,21,26). The molecule has 1 aliphatic heterocycles. The molecular formula is C20H27N5OS. The average molecular weight is 386 g/mol. The number of aromatic nitrogens is 2. The lowest BCUT2D eigenvalue weighted by Gasteiger charge is -2.36. The Bertz CT molecular complexity index is 757. The average Bonchev–Trinajstić information content (AvgIpc) is 2.66. The monoisotopic (exact) mass is 385 g/mol. The second-order valence-corrected chi connectivity index (χ2v) is 8.05. The highest BCUT2D eigenvalue weighted by molar-refractivity contribution is 7.99. The van der Waals surface area contributed by atoms with Crippen LogP contribution in [0.15, 0.2) is 41.4 Å². The molecule has 6 nitrogen and oxygen atoms in total. The maximum atomic E-state index is 11.7. The van der Waals surface area contributed by atoms with E-state index in [1.165, 1.54) is 23.0 Å². The molecule has 2 heterocycles. The minimum absolute atomic E-state index is 0.0214. The Morgan fingerprint density at radius 2 is 1.85 bits per heavy atom. The minimum atomic E-state index is 0.0214. The first-order valence-corrected chi connectivity index (χ1v) is 10.3. The Hall–Kier alpha value is -2.28. The van der Waals surface area contributed by atoms with E-state index in [9.17, 15) is 4.79 Å². The van der Waals surface area contributed by atoms with Gasteiger partial charge < -0.3 is 15.1 Å². The van der Waals surface area contributed by atoms with Crippen molar-refractivity contribution in [2.75, 3.05) is 41.7 Å². The molecule has 0 aliphatic carbocycles. The highest BCUT2D eigenvalue weighted by atomic mass is 32.2. The largest absolute Gasteiger partial charge is 0.368 e. The van der Waals surface area contributed by atoms with Crippen LogP contribution in [-0.2, 0) is 4.79 Å². The number of anilines is 2. The number of amides is 1. The number of nitrogens with one attached hydrogen (secondary N) is 1. The smallest absolute Gasteiger partial charge is 0.230 e. The van der Waals surface area contributed by atoms with Crippen LogP contribution in [0.4, 0.5) is 11.5 Å². The lowest BCUT2D eigenvalue weighted by atomic mass is 10.2. The molecule has 0 bridgehead atoms. The van der Waals surface area contributed by atoms with E-state index in [1.54, 1.807) is 0 Å². The number of rotatable bonds is 6. The van der Waals surface area contributed by atoms with E-state index in [4.69, 9.17) is 0 Å². The number of piperazine rings is 1. The molecule has 27 heavy (non-hydrogen) atoms. The predicted octanol–water partition coefficient (Wildman–Crippen LogP) is 2.73. The molecule has 1 aliphatic rings. The van der Waals surface area contributed by atoms with Gasteiger partial charge >= 0.3 is 0 Å². The number of nitrogens with zero attached hydrogens (tertiary/aromatic N) is 4. The third kappa shape index (κ3) is 5.60. The molecule has 144 valence electrons. The maximum absolute atomic E-state index is 11.7. The number of carbonyl (C=O) groups excluding carboxylic acids is 1. The van der Waals surface area contributed by atoms with E-state index in [2.05, 4.69) is 56.5 Å². The summed E-state index contributed by atoms with van der Waals surface area (Å²) in [6, 6.07) is 12.7. The van der Waals surface area contributed by atoms with Gasteiger partial charge in [-0.25, -0.2) is 0 Å². The molecule has 1 N–H and O–H groups in total. The van der Waals surface area contributed by atoms with Crippen LogP contribution < -0.4 is 15.1 Å². The Balaban J connectivity index is 1.50. The quantitative estimate of drug-likeness (QED) is 0.772. The molecule has 1 aromatic carbocycles. The molecule has 0 saturated carbocycles. The number of thioether (sulfide) groups is 1. The summed E-state index contributed by atoms with van der Waals surface area (Å²) in [5.41, 5.74) is 2.57. The van der Waals surface area contributed by atoms with Crippen LogP contribution in [0.25, 0.3) is 0 Å². The van der Waals surface area contributed by atoms with Crippen LogP contribution in [0.2, 0.25) is 0 Å². The van der Waals surface area contributed by atoms with Crippen molar-refractivity contribution >= 4 is 29.2 Å². The second kappa shape index (κ2) is 9.08. The molecule has 1 aromatic heterocycles. The summed E-state index contributed by atoms with van der Waals surface area (Å²) in [4.78, 5) is 16.4. The number of aryl methyl sites for hydroxylation is 1. The van der Waals surface area contributed by atoms with Crippen molar-refractivity contribution in [3.05, 3.63) is 42.0 Å². The highest BCUT2D eigenvalue weighted by Crippen LogP contribution is 2.21. The Labute approximate surface area is 165 Å². The third-order valence-corrected chi connectivity index (χ3v) is 5.32. The first-order valence-electron chi connectivity index (χ1n) is 9.34. The van der Waals surface area contributed by atoms with Gasteiger partial charge in [0.25, 0.3) is 0 Å². The van der Waals surface area contributed by atoms with Crippen molar-refractivity contribution in [2.24, 2.45) is 0 Å². The first-order chi connectivity index (χ1) is 13.0. The van der Waals surface area contributed by atoms with E-state index < -0.39 is 0 Å². The Kier molecular flexibility index (Phi) is 6.55. The molecule has 1 amide bonds. The summed E-state index contributed by atoms with van der Waals surface area (Å²) in [5, 5.41) is 12.3. The molecule has 2 aromatic rings. The molecular weight excluding hydrogens is 358 g/mol. The van der Waals surface area contributed by atoms with Crippen LogP contribution in [0.3, 0.4) is 0 Å². The first kappa shape index (κ1) is 19.5. The van der Waals surface area contributed by atoms with Crippen molar-refractivity contribution in [2.45, 2.75) is 31.8 Å². The van der Waals surface area contributed by atoms with Gasteiger partial charge in [-0.15, -0.1) is 10.2 Å². The number of hydrogen-bond donors (Lipinski definition) is 1. The van der Waals surface area contributed by atoms with E-state index >= 15 is 0 Å². The van der Waals surface area contributed by atoms with Gasteiger partial charge in [-0.05, 0) is 50.6 Å². The van der Waals surface area contributed by atoms with Gasteiger partial charge in [-0.3, -0.25) is 4.79 Å². The minimum Gasteiger partial charge on any atom is -0.368 e. The summed E-state index contributed by atoms with van der Waals surface area (Å²) < 4.78 is 0. The SMILES string of the molecule is Cc1cccc(N2CCN(c3ccc(SCC(=O)NC(C)C)nn3)CC2)c1. The molecule has 3 rings (SSSR count). The van der Waals surface area contributed by atoms with Crippen LogP contribution >= 0.6 is 11.8 Å².